The summed E-state index contributed by atoms with van der Waals surface area (Å²) in [5, 5.41) is 1.29. The van der Waals surface area contributed by atoms with Crippen molar-refractivity contribution >= 4 is 40.9 Å². The van der Waals surface area contributed by atoms with Crippen molar-refractivity contribution in [3.63, 3.8) is 0 Å². The fourth-order valence-electron chi connectivity index (χ4n) is 2.84. The molecule has 1 saturated heterocycles. The van der Waals surface area contributed by atoms with Crippen molar-refractivity contribution < 1.29 is 4.79 Å². The standard InChI is InChI=1S/C17H23Cl2NOS/c1-3-5-6-12(4-2)16(21)20-9-10-22-17(20)14-8-7-13(18)11-15(14)19/h7-8,11-12,17H,3-6,9-10H2,1-2H3/t12-,17+/m1/s1. The second-order valence-electron chi connectivity index (χ2n) is 5.67. The zero-order valence-corrected chi connectivity index (χ0v) is 15.5. The molecule has 22 heavy (non-hydrogen) atoms. The van der Waals surface area contributed by atoms with E-state index >= 15 is 0 Å². The molecule has 0 N–H and O–H groups in total. The molecule has 1 heterocycles. The van der Waals surface area contributed by atoms with Gasteiger partial charge in [-0.25, -0.2) is 0 Å². The molecule has 1 aliphatic rings. The van der Waals surface area contributed by atoms with Crippen LogP contribution >= 0.6 is 35.0 Å². The summed E-state index contributed by atoms with van der Waals surface area (Å²) < 4.78 is 0. The van der Waals surface area contributed by atoms with Gasteiger partial charge in [-0.05, 0) is 25.0 Å². The number of carbonyl (C=O) groups excluding carboxylic acids is 1. The van der Waals surface area contributed by atoms with Crippen molar-refractivity contribution in [1.29, 1.82) is 0 Å². The Labute approximate surface area is 147 Å². The van der Waals surface area contributed by atoms with Gasteiger partial charge in [-0.1, -0.05) is 56.0 Å². The van der Waals surface area contributed by atoms with E-state index in [1.165, 1.54) is 0 Å². The third-order valence-corrected chi connectivity index (χ3v) is 5.96. The number of hydrogen-bond acceptors (Lipinski definition) is 2. The lowest BCUT2D eigenvalue weighted by Crippen LogP contribution is -2.35. The van der Waals surface area contributed by atoms with E-state index in [2.05, 4.69) is 13.8 Å². The summed E-state index contributed by atoms with van der Waals surface area (Å²) in [5.41, 5.74) is 0.993. The normalized spacial score (nSPS) is 19.5. The van der Waals surface area contributed by atoms with Gasteiger partial charge in [0, 0.05) is 33.8 Å². The van der Waals surface area contributed by atoms with Crippen LogP contribution in [-0.4, -0.2) is 23.1 Å². The minimum absolute atomic E-state index is 0.0212. The molecule has 0 saturated carbocycles. The highest BCUT2D eigenvalue weighted by molar-refractivity contribution is 7.99. The maximum atomic E-state index is 12.9. The molecule has 0 aromatic heterocycles. The number of nitrogens with zero attached hydrogens (tertiary/aromatic N) is 1. The Balaban J connectivity index is 2.17. The first-order valence-corrected chi connectivity index (χ1v) is 9.76. The fraction of sp³-hybridized carbons (Fsp3) is 0.588. The number of benzene rings is 1. The van der Waals surface area contributed by atoms with E-state index in [4.69, 9.17) is 23.2 Å². The lowest BCUT2D eigenvalue weighted by molar-refractivity contribution is -0.136. The maximum absolute atomic E-state index is 12.9. The fourth-order valence-corrected chi connectivity index (χ4v) is 4.72. The molecule has 1 fully saturated rings. The molecule has 0 bridgehead atoms. The van der Waals surface area contributed by atoms with Crippen LogP contribution in [0.2, 0.25) is 10.0 Å². The van der Waals surface area contributed by atoms with E-state index < -0.39 is 0 Å². The van der Waals surface area contributed by atoms with E-state index in [9.17, 15) is 4.79 Å². The van der Waals surface area contributed by atoms with Crippen molar-refractivity contribution in [3.8, 4) is 0 Å². The van der Waals surface area contributed by atoms with Gasteiger partial charge >= 0.3 is 0 Å². The van der Waals surface area contributed by atoms with Gasteiger partial charge in [0.25, 0.3) is 0 Å². The van der Waals surface area contributed by atoms with Crippen LogP contribution in [0.4, 0.5) is 0 Å². The SMILES string of the molecule is CCCC[C@@H](CC)C(=O)N1CCS[C@H]1c1ccc(Cl)cc1Cl. The van der Waals surface area contributed by atoms with Crippen LogP contribution in [0.15, 0.2) is 18.2 Å². The van der Waals surface area contributed by atoms with Gasteiger partial charge in [0.15, 0.2) is 0 Å². The van der Waals surface area contributed by atoms with Crippen LogP contribution in [0.1, 0.15) is 50.5 Å². The van der Waals surface area contributed by atoms with Gasteiger partial charge in [-0.2, -0.15) is 0 Å². The summed E-state index contributed by atoms with van der Waals surface area (Å²) in [6, 6.07) is 5.55. The Morgan fingerprint density at radius 3 is 2.82 bits per heavy atom. The van der Waals surface area contributed by atoms with Crippen molar-refractivity contribution in [3.05, 3.63) is 33.8 Å². The third kappa shape index (κ3) is 4.12. The van der Waals surface area contributed by atoms with Gasteiger partial charge in [0.05, 0.1) is 0 Å². The minimum Gasteiger partial charge on any atom is -0.325 e. The number of thioether (sulfide) groups is 1. The molecule has 0 radical (unpaired) electrons. The number of amides is 1. The molecular weight excluding hydrogens is 337 g/mol. The molecule has 2 nitrogen and oxygen atoms in total. The second kappa shape index (κ2) is 8.47. The Hall–Kier alpha value is -0.380. The van der Waals surface area contributed by atoms with Crippen molar-refractivity contribution in [2.75, 3.05) is 12.3 Å². The van der Waals surface area contributed by atoms with Crippen LogP contribution in [0.3, 0.4) is 0 Å². The zero-order chi connectivity index (χ0) is 16.1. The minimum atomic E-state index is 0.0212. The molecule has 2 atom stereocenters. The molecule has 1 aliphatic heterocycles. The molecular formula is C17H23Cl2NOS. The number of hydrogen-bond donors (Lipinski definition) is 0. The van der Waals surface area contributed by atoms with Gasteiger partial charge in [-0.3, -0.25) is 4.79 Å². The van der Waals surface area contributed by atoms with Crippen molar-refractivity contribution in [1.82, 2.24) is 4.90 Å². The molecule has 122 valence electrons. The van der Waals surface area contributed by atoms with Crippen LogP contribution in [0, 0.1) is 5.92 Å². The lowest BCUT2D eigenvalue weighted by atomic mass is 9.97. The first-order chi connectivity index (χ1) is 10.6. The molecule has 0 aliphatic carbocycles. The van der Waals surface area contributed by atoms with Gasteiger partial charge in [0.1, 0.15) is 5.37 Å². The molecule has 1 amide bonds. The monoisotopic (exact) mass is 359 g/mol. The average molecular weight is 360 g/mol. The predicted molar refractivity (Wildman–Crippen MR) is 96.7 cm³/mol. The quantitative estimate of drug-likeness (QED) is 0.640. The highest BCUT2D eigenvalue weighted by Crippen LogP contribution is 2.42. The van der Waals surface area contributed by atoms with Crippen LogP contribution in [0.25, 0.3) is 0 Å². The number of carbonyl (C=O) groups is 1. The Kier molecular flexibility index (Phi) is 6.91. The smallest absolute Gasteiger partial charge is 0.226 e. The van der Waals surface area contributed by atoms with E-state index in [0.717, 1.165) is 43.5 Å². The molecule has 0 unspecified atom stereocenters. The zero-order valence-electron chi connectivity index (χ0n) is 13.1. The Morgan fingerprint density at radius 2 is 2.18 bits per heavy atom. The lowest BCUT2D eigenvalue weighted by Gasteiger charge is -2.28. The summed E-state index contributed by atoms with van der Waals surface area (Å²) in [6.07, 6.45) is 4.12. The topological polar surface area (TPSA) is 20.3 Å². The summed E-state index contributed by atoms with van der Waals surface area (Å²) >= 11 is 14.1. The number of halogens is 2. The highest BCUT2D eigenvalue weighted by Gasteiger charge is 2.34. The molecule has 0 spiro atoms. The molecule has 5 heteroatoms. The first-order valence-electron chi connectivity index (χ1n) is 7.95. The molecule has 1 aromatic carbocycles. The van der Waals surface area contributed by atoms with Gasteiger partial charge < -0.3 is 4.90 Å². The predicted octanol–water partition coefficient (Wildman–Crippen LogP) is 5.78. The Morgan fingerprint density at radius 1 is 1.41 bits per heavy atom. The highest BCUT2D eigenvalue weighted by atomic mass is 35.5. The van der Waals surface area contributed by atoms with Crippen molar-refractivity contribution in [2.24, 2.45) is 5.92 Å². The van der Waals surface area contributed by atoms with Crippen LogP contribution in [-0.2, 0) is 4.79 Å². The molecule has 2 rings (SSSR count). The second-order valence-corrected chi connectivity index (χ2v) is 7.70. The first kappa shape index (κ1) is 18.0. The maximum Gasteiger partial charge on any atom is 0.226 e. The van der Waals surface area contributed by atoms with Crippen LogP contribution in [0.5, 0.6) is 0 Å². The van der Waals surface area contributed by atoms with Gasteiger partial charge in [0.2, 0.25) is 5.91 Å². The van der Waals surface area contributed by atoms with E-state index in [-0.39, 0.29) is 17.2 Å². The average Bonchev–Trinajstić information content (AvgIpc) is 2.97. The summed E-state index contributed by atoms with van der Waals surface area (Å²) in [5.74, 6) is 1.36. The van der Waals surface area contributed by atoms with E-state index in [1.807, 2.05) is 17.0 Å². The Bertz CT molecular complexity index is 523. The summed E-state index contributed by atoms with van der Waals surface area (Å²) in [4.78, 5) is 14.9. The largest absolute Gasteiger partial charge is 0.325 e. The third-order valence-electron chi connectivity index (χ3n) is 4.15. The summed E-state index contributed by atoms with van der Waals surface area (Å²) in [6.45, 7) is 5.07. The van der Waals surface area contributed by atoms with Crippen LogP contribution < -0.4 is 0 Å². The number of rotatable bonds is 6. The number of unbranched alkanes of at least 4 members (excludes halogenated alkanes) is 1. The molecule has 1 aromatic rings. The summed E-state index contributed by atoms with van der Waals surface area (Å²) in [7, 11) is 0. The van der Waals surface area contributed by atoms with E-state index in [1.54, 1.807) is 17.8 Å². The van der Waals surface area contributed by atoms with E-state index in [0.29, 0.717) is 10.0 Å². The van der Waals surface area contributed by atoms with Crippen molar-refractivity contribution in [2.45, 2.75) is 44.9 Å². The van der Waals surface area contributed by atoms with Gasteiger partial charge in [-0.15, -0.1) is 11.8 Å².